The van der Waals surface area contributed by atoms with Crippen LogP contribution in [-0.2, 0) is 4.74 Å². The summed E-state index contributed by atoms with van der Waals surface area (Å²) in [5.74, 6) is 0.794. The van der Waals surface area contributed by atoms with Crippen molar-refractivity contribution in [3.8, 4) is 0 Å². The summed E-state index contributed by atoms with van der Waals surface area (Å²) in [4.78, 5) is 0. The van der Waals surface area contributed by atoms with Gasteiger partial charge < -0.3 is 25.2 Å². The van der Waals surface area contributed by atoms with Crippen molar-refractivity contribution >= 4 is 11.8 Å². The molecule has 1 unspecified atom stereocenters. The van der Waals surface area contributed by atoms with E-state index in [2.05, 4.69) is 0 Å². The Hall–Kier alpha value is 0.150. The van der Waals surface area contributed by atoms with Crippen molar-refractivity contribution in [1.82, 2.24) is 0 Å². The van der Waals surface area contributed by atoms with Crippen molar-refractivity contribution in [1.29, 1.82) is 0 Å². The molecule has 0 bridgehead atoms. The summed E-state index contributed by atoms with van der Waals surface area (Å²) in [7, 11) is 0. The molecule has 1 aliphatic heterocycles. The van der Waals surface area contributed by atoms with Crippen LogP contribution in [0.2, 0.25) is 0 Å². The average Bonchev–Trinajstić information content (AvgIpc) is 2.25. The highest BCUT2D eigenvalue weighted by Gasteiger charge is 2.43. The van der Waals surface area contributed by atoms with Gasteiger partial charge in [0.15, 0.2) is 0 Å². The molecule has 0 aromatic rings. The highest BCUT2D eigenvalue weighted by Crippen LogP contribution is 2.28. The molecule has 0 aromatic heterocycles. The minimum Gasteiger partial charge on any atom is -0.394 e. The van der Waals surface area contributed by atoms with Gasteiger partial charge in [-0.25, -0.2) is 0 Å². The minimum absolute atomic E-state index is 0.367. The molecule has 1 aliphatic rings. The lowest BCUT2D eigenvalue weighted by Crippen LogP contribution is -2.57. The molecule has 0 aliphatic carbocycles. The maximum absolute atomic E-state index is 9.61. The molecule has 0 radical (unpaired) electrons. The Kier molecular flexibility index (Phi) is 5.31. The van der Waals surface area contributed by atoms with Gasteiger partial charge in [-0.3, -0.25) is 0 Å². The normalized spacial score (nSPS) is 41.8. The van der Waals surface area contributed by atoms with E-state index < -0.39 is 29.9 Å². The van der Waals surface area contributed by atoms with Crippen LogP contribution in [-0.4, -0.2) is 62.6 Å². The van der Waals surface area contributed by atoms with E-state index in [1.165, 1.54) is 11.8 Å². The fourth-order valence-electron chi connectivity index (χ4n) is 1.44. The minimum atomic E-state index is -1.26. The zero-order valence-corrected chi connectivity index (χ0v) is 9.43. The first-order chi connectivity index (χ1) is 7.11. The number of hydrogen-bond acceptors (Lipinski definition) is 6. The molecular formula is C9H18O5S. The van der Waals surface area contributed by atoms with Crippen molar-refractivity contribution in [2.45, 2.75) is 43.2 Å². The summed E-state index contributed by atoms with van der Waals surface area (Å²) in [6.07, 6.45) is -3.49. The van der Waals surface area contributed by atoms with Crippen LogP contribution in [0, 0.1) is 0 Å². The third-order valence-electron chi connectivity index (χ3n) is 2.33. The average molecular weight is 238 g/mol. The molecule has 0 amide bonds. The highest BCUT2D eigenvalue weighted by molar-refractivity contribution is 7.99. The predicted octanol–water partition coefficient (Wildman–Crippen LogP) is -1.07. The lowest BCUT2D eigenvalue weighted by atomic mass is 10.0. The zero-order valence-electron chi connectivity index (χ0n) is 8.61. The molecule has 15 heavy (non-hydrogen) atoms. The van der Waals surface area contributed by atoms with Crippen LogP contribution in [0.5, 0.6) is 0 Å². The molecular weight excluding hydrogens is 220 g/mol. The van der Waals surface area contributed by atoms with Crippen LogP contribution in [0.1, 0.15) is 13.3 Å². The Labute approximate surface area is 93.1 Å². The summed E-state index contributed by atoms with van der Waals surface area (Å²) in [5.41, 5.74) is -0.583. The van der Waals surface area contributed by atoms with Gasteiger partial charge in [-0.1, -0.05) is 6.92 Å². The van der Waals surface area contributed by atoms with E-state index in [1.807, 2.05) is 6.92 Å². The van der Waals surface area contributed by atoms with Crippen LogP contribution >= 0.6 is 11.8 Å². The monoisotopic (exact) mass is 238 g/mol. The van der Waals surface area contributed by atoms with E-state index in [9.17, 15) is 15.3 Å². The Morgan fingerprint density at radius 3 is 2.33 bits per heavy atom. The Morgan fingerprint density at radius 1 is 1.13 bits per heavy atom. The summed E-state index contributed by atoms with van der Waals surface area (Å²) in [6, 6.07) is 0. The van der Waals surface area contributed by atoms with Gasteiger partial charge in [-0.2, -0.15) is 0 Å². The van der Waals surface area contributed by atoms with Crippen molar-refractivity contribution in [3.05, 3.63) is 0 Å². The topological polar surface area (TPSA) is 90.2 Å². The van der Waals surface area contributed by atoms with Crippen LogP contribution < -0.4 is 0 Å². The number of rotatable bonds is 4. The number of ether oxygens (including phenoxy) is 1. The number of thioether (sulfide) groups is 1. The molecule has 1 fully saturated rings. The van der Waals surface area contributed by atoms with Gasteiger partial charge in [-0.15, -0.1) is 11.8 Å². The number of aliphatic hydroxyl groups is 4. The van der Waals surface area contributed by atoms with Crippen LogP contribution in [0.15, 0.2) is 0 Å². The summed E-state index contributed by atoms with van der Waals surface area (Å²) in [5, 5.41) is 37.5. The Balaban J connectivity index is 2.57. The maximum atomic E-state index is 9.61. The van der Waals surface area contributed by atoms with Crippen LogP contribution in [0.3, 0.4) is 0 Å². The molecule has 1 saturated heterocycles. The van der Waals surface area contributed by atoms with E-state index in [1.54, 1.807) is 0 Å². The Morgan fingerprint density at radius 2 is 1.80 bits per heavy atom. The largest absolute Gasteiger partial charge is 0.394 e. The molecule has 5 nitrogen and oxygen atoms in total. The molecule has 0 spiro atoms. The van der Waals surface area contributed by atoms with E-state index in [4.69, 9.17) is 9.84 Å². The quantitative estimate of drug-likeness (QED) is 0.498. The lowest BCUT2D eigenvalue weighted by molar-refractivity contribution is -0.205. The van der Waals surface area contributed by atoms with E-state index in [0.29, 0.717) is 0 Å². The standard InChI is InChI=1S/C9H18O5S/c1-2-3-15-9-8(13)7(12)6(11)5(4-10)14-9/h5-13H,2-4H2,1H3/t5-,6+,7+,8-,9?/m1/s1. The highest BCUT2D eigenvalue weighted by atomic mass is 32.2. The zero-order chi connectivity index (χ0) is 11.4. The van der Waals surface area contributed by atoms with Gasteiger partial charge in [0.1, 0.15) is 29.9 Å². The van der Waals surface area contributed by atoms with Crippen molar-refractivity contribution in [2.24, 2.45) is 0 Å². The SMILES string of the molecule is CCCSC1O[C@H](CO)[C@H](O)[C@H](O)[C@H]1O. The first-order valence-electron chi connectivity index (χ1n) is 5.04. The maximum Gasteiger partial charge on any atom is 0.132 e. The smallest absolute Gasteiger partial charge is 0.132 e. The van der Waals surface area contributed by atoms with Gasteiger partial charge >= 0.3 is 0 Å². The molecule has 4 N–H and O–H groups in total. The molecule has 1 heterocycles. The van der Waals surface area contributed by atoms with Gasteiger partial charge in [-0.05, 0) is 12.2 Å². The van der Waals surface area contributed by atoms with Crippen molar-refractivity contribution in [3.63, 3.8) is 0 Å². The molecule has 0 saturated carbocycles. The third kappa shape index (κ3) is 3.05. The first-order valence-corrected chi connectivity index (χ1v) is 6.08. The lowest BCUT2D eigenvalue weighted by Gasteiger charge is -2.39. The van der Waals surface area contributed by atoms with Gasteiger partial charge in [0, 0.05) is 0 Å². The molecule has 0 aromatic carbocycles. The molecule has 1 rings (SSSR count). The second-order valence-electron chi connectivity index (χ2n) is 3.57. The van der Waals surface area contributed by atoms with Crippen LogP contribution in [0.25, 0.3) is 0 Å². The van der Waals surface area contributed by atoms with E-state index in [-0.39, 0.29) is 6.61 Å². The second kappa shape index (κ2) is 6.03. The van der Waals surface area contributed by atoms with Gasteiger partial charge in [0.2, 0.25) is 0 Å². The second-order valence-corrected chi connectivity index (χ2v) is 4.77. The first kappa shape index (κ1) is 13.2. The molecule has 90 valence electrons. The van der Waals surface area contributed by atoms with E-state index >= 15 is 0 Å². The fraction of sp³-hybridized carbons (Fsp3) is 1.00. The molecule has 5 atom stereocenters. The molecule has 6 heteroatoms. The summed E-state index contributed by atoms with van der Waals surface area (Å²) in [6.45, 7) is 1.63. The predicted molar refractivity (Wildman–Crippen MR) is 56.5 cm³/mol. The number of aliphatic hydroxyl groups excluding tert-OH is 4. The third-order valence-corrected chi connectivity index (χ3v) is 3.70. The van der Waals surface area contributed by atoms with Crippen LogP contribution in [0.4, 0.5) is 0 Å². The van der Waals surface area contributed by atoms with E-state index in [0.717, 1.165) is 12.2 Å². The number of hydrogen-bond donors (Lipinski definition) is 4. The van der Waals surface area contributed by atoms with Gasteiger partial charge in [0.25, 0.3) is 0 Å². The Bertz CT molecular complexity index is 189. The summed E-state index contributed by atoms with van der Waals surface area (Å²) < 4.78 is 5.29. The summed E-state index contributed by atoms with van der Waals surface area (Å²) >= 11 is 1.38. The van der Waals surface area contributed by atoms with Crippen molar-refractivity contribution < 1.29 is 25.2 Å². The van der Waals surface area contributed by atoms with Crippen molar-refractivity contribution in [2.75, 3.05) is 12.4 Å². The van der Waals surface area contributed by atoms with Gasteiger partial charge in [0.05, 0.1) is 6.61 Å². The fourth-order valence-corrected chi connectivity index (χ4v) is 2.49.